The molecule has 0 atom stereocenters. The number of hydrogen-bond acceptors (Lipinski definition) is 7. The van der Waals surface area contributed by atoms with Crippen LogP contribution in [0.2, 0.25) is 0 Å². The number of carbonyl (C=O) groups is 1. The van der Waals surface area contributed by atoms with Crippen molar-refractivity contribution in [2.45, 2.75) is 22.9 Å². The van der Waals surface area contributed by atoms with E-state index in [0.29, 0.717) is 0 Å². The normalized spacial score (nSPS) is 13.5. The number of para-hydroxylation sites is 2. The number of carbonyl (C=O) groups excluding carboxylic acids is 1. The number of thioether (sulfide) groups is 1. The molecule has 6 nitrogen and oxygen atoms in total. The Morgan fingerprint density at radius 2 is 1.90 bits per heavy atom. The summed E-state index contributed by atoms with van der Waals surface area (Å²) in [6, 6.07) is 15.6. The molecule has 0 bridgehead atoms. The number of nitrogens with one attached hydrogen (secondary N) is 1. The third-order valence-electron chi connectivity index (χ3n) is 4.71. The molecule has 1 aliphatic heterocycles. The van der Waals surface area contributed by atoms with Gasteiger partial charge in [0.2, 0.25) is 5.13 Å². The molecule has 0 spiro atoms. The van der Waals surface area contributed by atoms with E-state index in [1.54, 1.807) is 18.9 Å². The molecule has 29 heavy (non-hydrogen) atoms. The third kappa shape index (κ3) is 4.89. The second-order valence-electron chi connectivity index (χ2n) is 6.68. The zero-order valence-corrected chi connectivity index (χ0v) is 17.8. The molecule has 4 rings (SSSR count). The second kappa shape index (κ2) is 9.28. The van der Waals surface area contributed by atoms with Crippen LogP contribution in [0.3, 0.4) is 0 Å². The summed E-state index contributed by atoms with van der Waals surface area (Å²) in [7, 11) is 1.64. The van der Waals surface area contributed by atoms with E-state index in [1.165, 1.54) is 11.3 Å². The summed E-state index contributed by atoms with van der Waals surface area (Å²) in [5.41, 5.74) is 2.78. The van der Waals surface area contributed by atoms with Gasteiger partial charge >= 0.3 is 0 Å². The highest BCUT2D eigenvalue weighted by Crippen LogP contribution is 2.32. The first-order valence-electron chi connectivity index (χ1n) is 9.47. The van der Waals surface area contributed by atoms with Crippen LogP contribution >= 0.6 is 23.1 Å². The predicted molar refractivity (Wildman–Crippen MR) is 117 cm³/mol. The number of methoxy groups -OCH3 is 1. The average molecular weight is 427 g/mol. The Balaban J connectivity index is 1.33. The Bertz CT molecular complexity index is 969. The van der Waals surface area contributed by atoms with E-state index in [-0.39, 0.29) is 5.91 Å². The van der Waals surface area contributed by atoms with Gasteiger partial charge in [0.1, 0.15) is 5.75 Å². The van der Waals surface area contributed by atoms with Gasteiger partial charge in [-0.05, 0) is 42.7 Å². The van der Waals surface area contributed by atoms with Gasteiger partial charge in [-0.1, -0.05) is 47.4 Å². The molecule has 1 saturated heterocycles. The van der Waals surface area contributed by atoms with Gasteiger partial charge in [-0.15, -0.1) is 10.2 Å². The fraction of sp³-hybridized carbons (Fsp3) is 0.286. The fourth-order valence-electron chi connectivity index (χ4n) is 3.17. The predicted octanol–water partition coefficient (Wildman–Crippen LogP) is 4.82. The topological polar surface area (TPSA) is 67.3 Å². The first kappa shape index (κ1) is 19.7. The molecule has 3 aromatic rings. The molecule has 2 heterocycles. The van der Waals surface area contributed by atoms with Crippen LogP contribution in [0.4, 0.5) is 10.8 Å². The van der Waals surface area contributed by atoms with Crippen molar-refractivity contribution < 1.29 is 9.53 Å². The third-order valence-corrected chi connectivity index (χ3v) is 6.75. The summed E-state index contributed by atoms with van der Waals surface area (Å²) in [5, 5.41) is 12.4. The van der Waals surface area contributed by atoms with Gasteiger partial charge in [-0.25, -0.2) is 0 Å². The smallest absolute Gasteiger partial charge is 0.253 e. The van der Waals surface area contributed by atoms with Crippen LogP contribution in [0.5, 0.6) is 5.75 Å². The lowest BCUT2D eigenvalue weighted by Gasteiger charge is -2.15. The molecule has 1 aromatic heterocycles. The fourth-order valence-corrected chi connectivity index (χ4v) is 4.89. The minimum absolute atomic E-state index is 0.137. The van der Waals surface area contributed by atoms with Crippen LogP contribution in [-0.2, 0) is 5.75 Å². The van der Waals surface area contributed by atoms with E-state index in [2.05, 4.69) is 15.5 Å². The standard InChI is InChI=1S/C21H22N4O2S2/c1-27-18-7-3-2-6-17(18)22-20-23-24-21(29-20)28-14-15-8-10-16(11-9-15)19(26)25-12-4-5-13-25/h2-3,6-11H,4-5,12-14H2,1H3,(H,22,23). The SMILES string of the molecule is COc1ccccc1Nc1nnc(SCc2ccc(C(=O)N3CCCC3)cc2)s1. The largest absolute Gasteiger partial charge is 0.495 e. The van der Waals surface area contributed by atoms with Crippen molar-refractivity contribution in [2.24, 2.45) is 0 Å². The van der Waals surface area contributed by atoms with Crippen molar-refractivity contribution >= 4 is 39.8 Å². The van der Waals surface area contributed by atoms with Crippen LogP contribution in [0.25, 0.3) is 0 Å². The van der Waals surface area contributed by atoms with Crippen LogP contribution in [0.1, 0.15) is 28.8 Å². The molecule has 150 valence electrons. The summed E-state index contributed by atoms with van der Waals surface area (Å²) in [6.07, 6.45) is 2.21. The number of nitrogens with zero attached hydrogens (tertiary/aromatic N) is 3. The minimum Gasteiger partial charge on any atom is -0.495 e. The number of likely N-dealkylation sites (tertiary alicyclic amines) is 1. The molecular weight excluding hydrogens is 404 g/mol. The summed E-state index contributed by atoms with van der Waals surface area (Å²) in [5.74, 6) is 1.68. The molecule has 0 saturated carbocycles. The monoisotopic (exact) mass is 426 g/mol. The molecule has 1 fully saturated rings. The van der Waals surface area contributed by atoms with Crippen LogP contribution in [0.15, 0.2) is 52.9 Å². The number of amides is 1. The molecule has 2 aromatic carbocycles. The first-order valence-corrected chi connectivity index (χ1v) is 11.3. The molecule has 1 N–H and O–H groups in total. The number of benzene rings is 2. The Hall–Kier alpha value is -2.58. The van der Waals surface area contributed by atoms with E-state index < -0.39 is 0 Å². The van der Waals surface area contributed by atoms with E-state index >= 15 is 0 Å². The van der Waals surface area contributed by atoms with Gasteiger partial charge in [-0.2, -0.15) is 0 Å². The van der Waals surface area contributed by atoms with Crippen molar-refractivity contribution in [2.75, 3.05) is 25.5 Å². The van der Waals surface area contributed by atoms with E-state index in [4.69, 9.17) is 4.74 Å². The van der Waals surface area contributed by atoms with Crippen molar-refractivity contribution in [3.8, 4) is 5.75 Å². The summed E-state index contributed by atoms with van der Waals surface area (Å²) in [4.78, 5) is 14.4. The number of aromatic nitrogens is 2. The zero-order chi connectivity index (χ0) is 20.1. The first-order chi connectivity index (χ1) is 14.2. The number of rotatable bonds is 7. The Kier molecular flexibility index (Phi) is 6.31. The highest BCUT2D eigenvalue weighted by molar-refractivity contribution is 8.00. The maximum Gasteiger partial charge on any atom is 0.253 e. The Morgan fingerprint density at radius 1 is 1.14 bits per heavy atom. The van der Waals surface area contributed by atoms with Crippen molar-refractivity contribution in [1.82, 2.24) is 15.1 Å². The van der Waals surface area contributed by atoms with Crippen molar-refractivity contribution in [3.05, 3.63) is 59.7 Å². The molecule has 0 aliphatic carbocycles. The van der Waals surface area contributed by atoms with Gasteiger partial charge < -0.3 is 15.0 Å². The van der Waals surface area contributed by atoms with Crippen LogP contribution < -0.4 is 10.1 Å². The number of anilines is 2. The highest BCUT2D eigenvalue weighted by atomic mass is 32.2. The summed E-state index contributed by atoms with van der Waals surface area (Å²) < 4.78 is 6.24. The minimum atomic E-state index is 0.137. The van der Waals surface area contributed by atoms with Gasteiger partial charge in [0, 0.05) is 24.4 Å². The van der Waals surface area contributed by atoms with E-state index in [0.717, 1.165) is 63.7 Å². The second-order valence-corrected chi connectivity index (χ2v) is 8.88. The maximum atomic E-state index is 12.4. The van der Waals surface area contributed by atoms with Gasteiger partial charge in [0.05, 0.1) is 12.8 Å². The zero-order valence-electron chi connectivity index (χ0n) is 16.1. The Labute approximate surface area is 178 Å². The van der Waals surface area contributed by atoms with Gasteiger partial charge in [0.25, 0.3) is 5.91 Å². The average Bonchev–Trinajstić information content (AvgIpc) is 3.45. The highest BCUT2D eigenvalue weighted by Gasteiger charge is 2.19. The lowest BCUT2D eigenvalue weighted by molar-refractivity contribution is 0.0793. The molecule has 0 radical (unpaired) electrons. The Morgan fingerprint density at radius 3 is 2.66 bits per heavy atom. The molecular formula is C21H22N4O2S2. The van der Waals surface area contributed by atoms with Crippen LogP contribution in [-0.4, -0.2) is 41.2 Å². The molecule has 0 unspecified atom stereocenters. The lowest BCUT2D eigenvalue weighted by Crippen LogP contribution is -2.27. The van der Waals surface area contributed by atoms with E-state index in [1.807, 2.05) is 53.4 Å². The maximum absolute atomic E-state index is 12.4. The van der Waals surface area contributed by atoms with Gasteiger partial charge in [-0.3, -0.25) is 4.79 Å². The summed E-state index contributed by atoms with van der Waals surface area (Å²) >= 11 is 3.14. The number of ether oxygens (including phenoxy) is 1. The van der Waals surface area contributed by atoms with Crippen LogP contribution in [0, 0.1) is 0 Å². The van der Waals surface area contributed by atoms with Gasteiger partial charge in [0.15, 0.2) is 4.34 Å². The molecule has 1 aliphatic rings. The summed E-state index contributed by atoms with van der Waals surface area (Å²) in [6.45, 7) is 1.75. The molecule has 8 heteroatoms. The van der Waals surface area contributed by atoms with Crippen molar-refractivity contribution in [3.63, 3.8) is 0 Å². The van der Waals surface area contributed by atoms with Crippen molar-refractivity contribution in [1.29, 1.82) is 0 Å². The lowest BCUT2D eigenvalue weighted by atomic mass is 10.1. The quantitative estimate of drug-likeness (QED) is 0.547. The number of hydrogen-bond donors (Lipinski definition) is 1. The van der Waals surface area contributed by atoms with E-state index in [9.17, 15) is 4.79 Å². The molecule has 1 amide bonds.